The first-order valence-corrected chi connectivity index (χ1v) is 10.6. The molecule has 1 aromatic heterocycles. The van der Waals surface area contributed by atoms with E-state index in [9.17, 15) is 9.59 Å². The summed E-state index contributed by atoms with van der Waals surface area (Å²) in [5.41, 5.74) is 1.69. The molecule has 1 aliphatic heterocycles. The summed E-state index contributed by atoms with van der Waals surface area (Å²) in [6, 6.07) is 12.6. The first-order chi connectivity index (χ1) is 14.0. The van der Waals surface area contributed by atoms with E-state index in [2.05, 4.69) is 10.1 Å². The van der Waals surface area contributed by atoms with Gasteiger partial charge in [0, 0.05) is 29.8 Å². The fraction of sp³-hybridized carbons (Fsp3) is 0.238. The van der Waals surface area contributed by atoms with Crippen molar-refractivity contribution in [1.29, 1.82) is 0 Å². The van der Waals surface area contributed by atoms with E-state index in [1.807, 2.05) is 19.1 Å². The minimum absolute atomic E-state index is 0.228. The third-order valence-electron chi connectivity index (χ3n) is 4.77. The molecule has 1 aliphatic rings. The first-order valence-electron chi connectivity index (χ1n) is 9.21. The maximum atomic E-state index is 13.4. The van der Waals surface area contributed by atoms with Gasteiger partial charge in [-0.1, -0.05) is 47.6 Å². The molecule has 8 heteroatoms. The number of carbonyl (C=O) groups is 1. The lowest BCUT2D eigenvalue weighted by Crippen LogP contribution is -2.40. The van der Waals surface area contributed by atoms with Crippen LogP contribution in [0.3, 0.4) is 0 Å². The number of fused-ring (bicyclic) bond motifs is 1. The van der Waals surface area contributed by atoms with Crippen LogP contribution in [0.25, 0.3) is 10.8 Å². The largest absolute Gasteiger partial charge is 0.286 e. The lowest BCUT2D eigenvalue weighted by Gasteiger charge is -2.27. The van der Waals surface area contributed by atoms with Crippen LogP contribution in [-0.4, -0.2) is 38.1 Å². The number of rotatable bonds is 2. The Morgan fingerprint density at radius 1 is 1.21 bits per heavy atom. The second kappa shape index (κ2) is 8.00. The number of amides is 1. The standard InChI is InChI=1S/C21H19ClN4O2S/c1-13-8-9-14(12-17(13)22)23-21-26(10-5-11-29-21)20(28)18-15-6-3-4-7-16(15)19(27)25(2)24-18/h3-4,6-9,12H,5,10-11H2,1-2H3. The molecular formula is C21H19ClN4O2S. The van der Waals surface area contributed by atoms with Crippen LogP contribution in [0.1, 0.15) is 22.5 Å². The van der Waals surface area contributed by atoms with E-state index in [1.54, 1.807) is 42.3 Å². The molecule has 1 amide bonds. The van der Waals surface area contributed by atoms with Crippen molar-refractivity contribution in [2.75, 3.05) is 12.3 Å². The van der Waals surface area contributed by atoms with Gasteiger partial charge in [0.05, 0.1) is 11.1 Å². The molecule has 0 unspecified atom stereocenters. The van der Waals surface area contributed by atoms with Gasteiger partial charge in [-0.2, -0.15) is 5.10 Å². The minimum Gasteiger partial charge on any atom is -0.286 e. The molecule has 0 saturated carbocycles. The number of aliphatic imine (C=N–C) groups is 1. The van der Waals surface area contributed by atoms with E-state index in [-0.39, 0.29) is 17.2 Å². The van der Waals surface area contributed by atoms with E-state index < -0.39 is 0 Å². The summed E-state index contributed by atoms with van der Waals surface area (Å²) in [5.74, 6) is 0.616. The summed E-state index contributed by atoms with van der Waals surface area (Å²) < 4.78 is 1.21. The number of amidine groups is 1. The maximum absolute atomic E-state index is 13.4. The maximum Gasteiger partial charge on any atom is 0.280 e. The third kappa shape index (κ3) is 3.80. The molecule has 2 aromatic carbocycles. The molecule has 6 nitrogen and oxygen atoms in total. The monoisotopic (exact) mass is 426 g/mol. The first kappa shape index (κ1) is 19.7. The van der Waals surface area contributed by atoms with Gasteiger partial charge in [-0.05, 0) is 37.1 Å². The van der Waals surface area contributed by atoms with Crippen molar-refractivity contribution >= 4 is 50.9 Å². The number of benzene rings is 2. The highest BCUT2D eigenvalue weighted by atomic mass is 35.5. The Balaban J connectivity index is 1.78. The third-order valence-corrected chi connectivity index (χ3v) is 6.24. The number of thioether (sulfide) groups is 1. The average Bonchev–Trinajstić information content (AvgIpc) is 2.73. The predicted octanol–water partition coefficient (Wildman–Crippen LogP) is 4.16. The Kier molecular flexibility index (Phi) is 5.43. The van der Waals surface area contributed by atoms with Gasteiger partial charge >= 0.3 is 0 Å². The van der Waals surface area contributed by atoms with Crippen LogP contribution in [0, 0.1) is 6.92 Å². The lowest BCUT2D eigenvalue weighted by atomic mass is 10.1. The highest BCUT2D eigenvalue weighted by Gasteiger charge is 2.28. The lowest BCUT2D eigenvalue weighted by molar-refractivity contribution is 0.0843. The summed E-state index contributed by atoms with van der Waals surface area (Å²) in [7, 11) is 1.56. The number of aromatic nitrogens is 2. The zero-order chi connectivity index (χ0) is 20.5. The van der Waals surface area contributed by atoms with Crippen LogP contribution < -0.4 is 5.56 Å². The fourth-order valence-electron chi connectivity index (χ4n) is 3.19. The van der Waals surface area contributed by atoms with Gasteiger partial charge in [-0.25, -0.2) is 9.67 Å². The van der Waals surface area contributed by atoms with Crippen LogP contribution >= 0.6 is 23.4 Å². The van der Waals surface area contributed by atoms with E-state index in [0.29, 0.717) is 33.2 Å². The van der Waals surface area contributed by atoms with Crippen LogP contribution in [0.5, 0.6) is 0 Å². The van der Waals surface area contributed by atoms with Crippen molar-refractivity contribution in [2.24, 2.45) is 12.0 Å². The summed E-state index contributed by atoms with van der Waals surface area (Å²) in [6.07, 6.45) is 0.855. The molecule has 0 aliphatic carbocycles. The second-order valence-electron chi connectivity index (χ2n) is 6.81. The van der Waals surface area contributed by atoms with Gasteiger partial charge in [-0.3, -0.25) is 14.5 Å². The Morgan fingerprint density at radius 2 is 1.97 bits per heavy atom. The molecule has 3 aromatic rings. The zero-order valence-corrected chi connectivity index (χ0v) is 17.6. The number of halogens is 1. The van der Waals surface area contributed by atoms with E-state index in [1.165, 1.54) is 16.4 Å². The van der Waals surface area contributed by atoms with Gasteiger partial charge in [0.15, 0.2) is 10.9 Å². The molecule has 1 fully saturated rings. The predicted molar refractivity (Wildman–Crippen MR) is 118 cm³/mol. The second-order valence-corrected chi connectivity index (χ2v) is 8.28. The van der Waals surface area contributed by atoms with E-state index in [0.717, 1.165) is 17.7 Å². The summed E-state index contributed by atoms with van der Waals surface area (Å²) in [4.78, 5) is 32.1. The normalized spacial score (nSPS) is 15.8. The zero-order valence-electron chi connectivity index (χ0n) is 16.1. The van der Waals surface area contributed by atoms with Crippen molar-refractivity contribution in [3.63, 3.8) is 0 Å². The average molecular weight is 427 g/mol. The number of carbonyl (C=O) groups excluding carboxylic acids is 1. The van der Waals surface area contributed by atoms with Gasteiger partial charge in [0.2, 0.25) is 0 Å². The smallest absolute Gasteiger partial charge is 0.280 e. The van der Waals surface area contributed by atoms with Crippen LogP contribution in [0.4, 0.5) is 5.69 Å². The van der Waals surface area contributed by atoms with Gasteiger partial charge in [0.25, 0.3) is 11.5 Å². The van der Waals surface area contributed by atoms with Crippen molar-refractivity contribution in [2.45, 2.75) is 13.3 Å². The molecule has 0 N–H and O–H groups in total. The van der Waals surface area contributed by atoms with Gasteiger partial charge in [-0.15, -0.1) is 0 Å². The van der Waals surface area contributed by atoms with Crippen molar-refractivity contribution in [3.8, 4) is 0 Å². The highest BCUT2D eigenvalue weighted by molar-refractivity contribution is 8.13. The summed E-state index contributed by atoms with van der Waals surface area (Å²) >= 11 is 7.75. The molecule has 4 rings (SSSR count). The molecule has 0 spiro atoms. The molecule has 0 bridgehead atoms. The number of hydrogen-bond acceptors (Lipinski definition) is 5. The molecular weight excluding hydrogens is 408 g/mol. The minimum atomic E-state index is -0.263. The number of aryl methyl sites for hydroxylation is 2. The molecule has 0 radical (unpaired) electrons. The van der Waals surface area contributed by atoms with Crippen molar-refractivity contribution in [1.82, 2.24) is 14.7 Å². The number of hydrogen-bond donors (Lipinski definition) is 0. The molecule has 0 atom stereocenters. The number of nitrogens with zero attached hydrogens (tertiary/aromatic N) is 4. The Morgan fingerprint density at radius 3 is 2.72 bits per heavy atom. The SMILES string of the molecule is Cc1ccc(N=C2SCCCN2C(=O)c2nn(C)c(=O)c3ccccc23)cc1Cl. The summed E-state index contributed by atoms with van der Waals surface area (Å²) in [5, 5.41) is 6.54. The fourth-order valence-corrected chi connectivity index (χ4v) is 4.32. The van der Waals surface area contributed by atoms with Gasteiger partial charge in [0.1, 0.15) is 0 Å². The molecule has 148 valence electrons. The van der Waals surface area contributed by atoms with Crippen LogP contribution in [0.15, 0.2) is 52.3 Å². The topological polar surface area (TPSA) is 67.6 Å². The highest BCUT2D eigenvalue weighted by Crippen LogP contribution is 2.27. The Labute approximate surface area is 177 Å². The quantitative estimate of drug-likeness (QED) is 0.617. The molecule has 29 heavy (non-hydrogen) atoms. The van der Waals surface area contributed by atoms with E-state index in [4.69, 9.17) is 11.6 Å². The van der Waals surface area contributed by atoms with Crippen LogP contribution in [-0.2, 0) is 7.05 Å². The Hall–Kier alpha value is -2.64. The van der Waals surface area contributed by atoms with Crippen LogP contribution in [0.2, 0.25) is 5.02 Å². The van der Waals surface area contributed by atoms with E-state index >= 15 is 0 Å². The molecule has 2 heterocycles. The Bertz CT molecular complexity index is 1200. The van der Waals surface area contributed by atoms with Crippen molar-refractivity contribution < 1.29 is 4.79 Å². The van der Waals surface area contributed by atoms with Crippen molar-refractivity contribution in [3.05, 3.63) is 69.1 Å². The van der Waals surface area contributed by atoms with Gasteiger partial charge < -0.3 is 0 Å². The molecule has 1 saturated heterocycles. The summed E-state index contributed by atoms with van der Waals surface area (Å²) in [6.45, 7) is 2.48.